The van der Waals surface area contributed by atoms with Crippen LogP contribution in [0.1, 0.15) is 60.9 Å². The number of nitrogens with two attached hydrogens (primary N) is 1. The van der Waals surface area contributed by atoms with Crippen LogP contribution in [0.5, 0.6) is 5.75 Å². The number of fused-ring (bicyclic) bond motifs is 3. The normalized spacial score (nSPS) is 25.1. The zero-order valence-electron chi connectivity index (χ0n) is 26.5. The smallest absolute Gasteiger partial charge is 0.255 e. The summed E-state index contributed by atoms with van der Waals surface area (Å²) in [5, 5.41) is 59.3. The Morgan fingerprint density at radius 1 is 1.16 bits per heavy atom. The van der Waals surface area contributed by atoms with E-state index in [-0.39, 0.29) is 42.0 Å². The highest BCUT2D eigenvalue weighted by Gasteiger charge is 2.63. The van der Waals surface area contributed by atoms with Crippen LogP contribution >= 0.6 is 0 Å². The number of aromatic hydroxyl groups is 1. The van der Waals surface area contributed by atoms with Crippen molar-refractivity contribution in [1.29, 1.82) is 0 Å². The number of anilines is 2. The van der Waals surface area contributed by atoms with Crippen molar-refractivity contribution in [1.82, 2.24) is 4.90 Å². The summed E-state index contributed by atoms with van der Waals surface area (Å²) in [4.78, 5) is 43.2. The first kappa shape index (κ1) is 34.0. The van der Waals surface area contributed by atoms with Gasteiger partial charge in [-0.2, -0.15) is 0 Å². The number of aliphatic hydroxyl groups excluding tert-OH is 3. The molecule has 3 aliphatic carbocycles. The number of carbonyl (C=O) groups excluding carboxylic acids is 3. The number of nitrogens with zero attached hydrogens (tertiary/aromatic N) is 2. The summed E-state index contributed by atoms with van der Waals surface area (Å²) in [5.74, 6) is -6.95. The molecular formula is C33H46N4O8. The zero-order valence-corrected chi connectivity index (χ0v) is 26.5. The number of allylic oxidation sites excluding steroid dienone is 2. The van der Waals surface area contributed by atoms with Crippen molar-refractivity contribution in [2.24, 2.45) is 17.6 Å². The Hall–Kier alpha value is -3.87. The van der Waals surface area contributed by atoms with Crippen LogP contribution in [0.15, 0.2) is 41.4 Å². The molecule has 12 nitrogen and oxygen atoms in total. The maximum atomic E-state index is 14.1. The highest BCUT2D eigenvalue weighted by Crippen LogP contribution is 2.53. The zero-order chi connectivity index (χ0) is 33.4. The lowest BCUT2D eigenvalue weighted by molar-refractivity contribution is -0.148. The highest BCUT2D eigenvalue weighted by atomic mass is 16.3. The van der Waals surface area contributed by atoms with Gasteiger partial charge in [0.15, 0.2) is 11.4 Å². The van der Waals surface area contributed by atoms with E-state index in [0.29, 0.717) is 17.7 Å². The molecule has 0 aromatic heterocycles. The van der Waals surface area contributed by atoms with Crippen molar-refractivity contribution in [2.75, 3.05) is 45.0 Å². The van der Waals surface area contributed by atoms with Gasteiger partial charge >= 0.3 is 0 Å². The van der Waals surface area contributed by atoms with Gasteiger partial charge in [-0.25, -0.2) is 0 Å². The second kappa shape index (κ2) is 13.2. The number of primary amides is 1. The fourth-order valence-corrected chi connectivity index (χ4v) is 7.18. The number of unbranched alkanes of at least 4 members (excludes halogenated alkanes) is 4. The standard InChI is InChI=1S/C33H46N4O8/c1-6-7-8-9-10-11-12-18(38)16-35-21-15-22(36(2)3)19-13-17-14-20-26(37(4)5)29(41)25(32(34)44)31(43)33(20,45)30(42)23(17)28(40)24(19)27(21)39/h6,15,17-18,20,26,35,38-39,41-42,45H,1,7-14,16H2,2-5H3,(H2,34,44)/t17-,18?,20-,26-,33-/m0/s1. The van der Waals surface area contributed by atoms with Crippen molar-refractivity contribution in [3.05, 3.63) is 52.5 Å². The van der Waals surface area contributed by atoms with E-state index in [2.05, 4.69) is 11.9 Å². The average molecular weight is 627 g/mol. The number of phenolic OH excluding ortho intramolecular Hbond substituents is 1. The molecule has 0 aliphatic heterocycles. The van der Waals surface area contributed by atoms with Gasteiger partial charge in [0.05, 0.1) is 23.4 Å². The fraction of sp³-hybridized carbons (Fsp3) is 0.545. The maximum Gasteiger partial charge on any atom is 0.255 e. The number of Topliss-reactive ketones (excluding diaryl/α,β-unsaturated/α-hetero) is 2. The minimum absolute atomic E-state index is 0.0131. The predicted octanol–water partition coefficient (Wildman–Crippen LogP) is 2.49. The minimum atomic E-state index is -2.70. The lowest BCUT2D eigenvalue weighted by Gasteiger charge is -2.50. The first-order valence-corrected chi connectivity index (χ1v) is 15.4. The average Bonchev–Trinajstić information content (AvgIpc) is 2.95. The summed E-state index contributed by atoms with van der Waals surface area (Å²) >= 11 is 0. The Morgan fingerprint density at radius 3 is 2.42 bits per heavy atom. The van der Waals surface area contributed by atoms with Crippen molar-refractivity contribution in [3.63, 3.8) is 0 Å². The van der Waals surface area contributed by atoms with Crippen LogP contribution < -0.4 is 16.0 Å². The molecule has 5 atom stereocenters. The van der Waals surface area contributed by atoms with Crippen LogP contribution in [0.3, 0.4) is 0 Å². The van der Waals surface area contributed by atoms with Gasteiger partial charge in [-0.3, -0.25) is 19.3 Å². The van der Waals surface area contributed by atoms with Gasteiger partial charge in [0, 0.05) is 37.8 Å². The molecule has 0 fully saturated rings. The number of phenols is 1. The van der Waals surface area contributed by atoms with Crippen LogP contribution in [0.2, 0.25) is 0 Å². The summed E-state index contributed by atoms with van der Waals surface area (Å²) in [7, 11) is 6.76. The molecule has 0 saturated heterocycles. The van der Waals surface area contributed by atoms with Crippen LogP contribution in [0.4, 0.5) is 11.4 Å². The predicted molar refractivity (Wildman–Crippen MR) is 170 cm³/mol. The van der Waals surface area contributed by atoms with E-state index in [0.717, 1.165) is 32.1 Å². The molecule has 246 valence electrons. The Bertz CT molecular complexity index is 1450. The second-order valence-corrected chi connectivity index (χ2v) is 12.8. The number of rotatable bonds is 13. The monoisotopic (exact) mass is 626 g/mol. The van der Waals surface area contributed by atoms with Crippen molar-refractivity contribution in [3.8, 4) is 5.75 Å². The number of likely N-dealkylation sites (N-methyl/N-ethyl adjacent to an activating group) is 1. The van der Waals surface area contributed by atoms with E-state index in [9.17, 15) is 39.9 Å². The number of amides is 1. The van der Waals surface area contributed by atoms with Crippen molar-refractivity contribution >= 4 is 28.8 Å². The van der Waals surface area contributed by atoms with E-state index in [1.54, 1.807) is 39.2 Å². The number of benzene rings is 1. The Labute approximate surface area is 263 Å². The molecule has 1 unspecified atom stereocenters. The first-order valence-electron chi connectivity index (χ1n) is 15.4. The van der Waals surface area contributed by atoms with Gasteiger partial charge < -0.3 is 41.5 Å². The third-order valence-electron chi connectivity index (χ3n) is 9.40. The molecule has 8 N–H and O–H groups in total. The third kappa shape index (κ3) is 5.94. The van der Waals surface area contributed by atoms with Crippen LogP contribution in [0, 0.1) is 11.8 Å². The molecule has 3 aliphatic rings. The second-order valence-electron chi connectivity index (χ2n) is 12.8. The highest BCUT2D eigenvalue weighted by molar-refractivity contribution is 6.25. The summed E-state index contributed by atoms with van der Waals surface area (Å²) in [6.45, 7) is 3.85. The fourth-order valence-electron chi connectivity index (χ4n) is 7.18. The molecule has 4 rings (SSSR count). The number of carbonyl (C=O) groups is 3. The Kier molecular flexibility index (Phi) is 10.0. The number of ketones is 2. The molecule has 12 heteroatoms. The molecule has 1 amide bonds. The number of hydrogen-bond donors (Lipinski definition) is 7. The van der Waals surface area contributed by atoms with Gasteiger partial charge in [-0.05, 0) is 63.7 Å². The molecule has 1 aromatic carbocycles. The van der Waals surface area contributed by atoms with E-state index >= 15 is 0 Å². The van der Waals surface area contributed by atoms with E-state index in [4.69, 9.17) is 5.73 Å². The molecule has 45 heavy (non-hydrogen) atoms. The lowest BCUT2D eigenvalue weighted by Crippen LogP contribution is -2.63. The third-order valence-corrected chi connectivity index (χ3v) is 9.40. The number of nitrogens with one attached hydrogen (secondary N) is 1. The molecular weight excluding hydrogens is 580 g/mol. The summed E-state index contributed by atoms with van der Waals surface area (Å²) in [5.41, 5.74) is 2.94. The molecule has 0 saturated carbocycles. The summed E-state index contributed by atoms with van der Waals surface area (Å²) < 4.78 is 0. The van der Waals surface area contributed by atoms with Crippen molar-refractivity contribution < 1.29 is 39.9 Å². The van der Waals surface area contributed by atoms with Crippen LogP contribution in [-0.4, -0.2) is 100 Å². The SMILES string of the molecule is C=CCCCCCCC(O)CNc1cc(N(C)C)c2c(c1O)C(=O)C1=C(O)[C@]3(O)C(=O)C(C(N)=O)=C(O)[C@@H](N(C)C)[C@@H]3C[C@@H]1C2. The van der Waals surface area contributed by atoms with E-state index < -0.39 is 64.1 Å². The van der Waals surface area contributed by atoms with Crippen molar-refractivity contribution in [2.45, 2.75) is 69.1 Å². The summed E-state index contributed by atoms with van der Waals surface area (Å²) in [6.07, 6.45) is 6.86. The molecule has 0 heterocycles. The van der Waals surface area contributed by atoms with Gasteiger partial charge in [-0.1, -0.05) is 25.3 Å². The molecule has 0 bridgehead atoms. The topological polar surface area (TPSA) is 197 Å². The summed E-state index contributed by atoms with van der Waals surface area (Å²) in [6, 6.07) is 0.653. The maximum absolute atomic E-state index is 14.1. The van der Waals surface area contributed by atoms with Crippen LogP contribution in [0.25, 0.3) is 0 Å². The van der Waals surface area contributed by atoms with Gasteiger partial charge in [0.2, 0.25) is 5.78 Å². The lowest BCUT2D eigenvalue weighted by atomic mass is 9.58. The largest absolute Gasteiger partial charge is 0.510 e. The first-order chi connectivity index (χ1) is 21.2. The Balaban J connectivity index is 1.71. The van der Waals surface area contributed by atoms with E-state index in [1.807, 2.05) is 6.08 Å². The van der Waals surface area contributed by atoms with Crippen LogP contribution in [-0.2, 0) is 16.0 Å². The molecule has 0 radical (unpaired) electrons. The Morgan fingerprint density at radius 2 is 1.82 bits per heavy atom. The van der Waals surface area contributed by atoms with E-state index in [1.165, 1.54) is 4.90 Å². The molecule has 1 aromatic rings. The number of aliphatic hydroxyl groups is 4. The number of hydrogen-bond acceptors (Lipinski definition) is 11. The van der Waals surface area contributed by atoms with Gasteiger partial charge in [0.25, 0.3) is 5.91 Å². The van der Waals surface area contributed by atoms with Gasteiger partial charge in [0.1, 0.15) is 22.8 Å². The minimum Gasteiger partial charge on any atom is -0.510 e. The molecule has 0 spiro atoms. The van der Waals surface area contributed by atoms with Gasteiger partial charge in [-0.15, -0.1) is 6.58 Å². The quantitative estimate of drug-likeness (QED) is 0.0735.